The highest BCUT2D eigenvalue weighted by Gasteiger charge is 2.38. The van der Waals surface area contributed by atoms with Crippen molar-refractivity contribution < 1.29 is 9.32 Å². The van der Waals surface area contributed by atoms with E-state index in [-0.39, 0.29) is 11.2 Å². The van der Waals surface area contributed by atoms with E-state index < -0.39 is 5.91 Å². The molecule has 94 valence electrons. The lowest BCUT2D eigenvalue weighted by atomic mass is 9.77. The third-order valence-electron chi connectivity index (χ3n) is 3.30. The van der Waals surface area contributed by atoms with E-state index in [0.29, 0.717) is 5.89 Å². The number of nitrogens with one attached hydrogen (secondary N) is 1. The van der Waals surface area contributed by atoms with E-state index in [9.17, 15) is 4.79 Å². The second-order valence-corrected chi connectivity index (χ2v) is 4.60. The number of carbonyl (C=O) groups is 1. The first-order valence-electron chi connectivity index (χ1n) is 6.03. The van der Waals surface area contributed by atoms with Crippen molar-refractivity contribution in [3.05, 3.63) is 11.7 Å². The van der Waals surface area contributed by atoms with Crippen LogP contribution in [0.3, 0.4) is 0 Å². The number of primary amides is 1. The third-order valence-corrected chi connectivity index (χ3v) is 3.30. The van der Waals surface area contributed by atoms with Crippen LogP contribution in [0.2, 0.25) is 0 Å². The number of rotatable bonds is 4. The maximum atomic E-state index is 11.0. The molecule has 1 aromatic heterocycles. The van der Waals surface area contributed by atoms with E-state index in [1.54, 1.807) is 0 Å². The summed E-state index contributed by atoms with van der Waals surface area (Å²) in [6, 6.07) is 0. The molecule has 0 saturated carbocycles. The van der Waals surface area contributed by atoms with Crippen LogP contribution in [0, 0.1) is 0 Å². The lowest BCUT2D eigenvalue weighted by Gasteiger charge is -2.34. The fraction of sp³-hybridized carbons (Fsp3) is 0.727. The number of piperidine rings is 1. The van der Waals surface area contributed by atoms with Crippen LogP contribution in [0.1, 0.15) is 49.1 Å². The number of hydrogen-bond acceptors (Lipinski definition) is 5. The van der Waals surface area contributed by atoms with E-state index in [1.807, 2.05) is 0 Å². The molecule has 1 fully saturated rings. The standard InChI is InChI=1S/C11H18N4O2/c1-2-4-11(5-3-6-13-7-11)10-14-9(8(12)16)15-17-10/h13H,2-7H2,1H3,(H2,12,16). The lowest BCUT2D eigenvalue weighted by molar-refractivity contribution is 0.0987. The zero-order chi connectivity index (χ0) is 12.3. The zero-order valence-corrected chi connectivity index (χ0v) is 10.0. The Balaban J connectivity index is 2.27. The minimum Gasteiger partial charge on any atom is -0.363 e. The van der Waals surface area contributed by atoms with Gasteiger partial charge in [-0.2, -0.15) is 4.98 Å². The first kappa shape index (κ1) is 12.0. The van der Waals surface area contributed by atoms with Gasteiger partial charge >= 0.3 is 0 Å². The number of aromatic nitrogens is 2. The molecular formula is C11H18N4O2. The number of amides is 1. The third kappa shape index (κ3) is 2.31. The van der Waals surface area contributed by atoms with Crippen LogP contribution < -0.4 is 11.1 Å². The molecule has 1 aliphatic rings. The molecule has 0 spiro atoms. The van der Waals surface area contributed by atoms with Gasteiger partial charge in [0.25, 0.3) is 11.7 Å². The van der Waals surface area contributed by atoms with Gasteiger partial charge in [0.05, 0.1) is 5.41 Å². The molecule has 1 amide bonds. The van der Waals surface area contributed by atoms with Gasteiger partial charge in [-0.1, -0.05) is 18.5 Å². The molecule has 1 atom stereocenters. The number of nitrogens with two attached hydrogens (primary N) is 1. The fourth-order valence-electron chi connectivity index (χ4n) is 2.49. The molecule has 6 nitrogen and oxygen atoms in total. The Hall–Kier alpha value is -1.43. The van der Waals surface area contributed by atoms with Gasteiger partial charge in [-0.25, -0.2) is 0 Å². The van der Waals surface area contributed by atoms with Crippen molar-refractivity contribution >= 4 is 5.91 Å². The van der Waals surface area contributed by atoms with Gasteiger partial charge in [-0.05, 0) is 25.8 Å². The topological polar surface area (TPSA) is 94.0 Å². The van der Waals surface area contributed by atoms with Crippen molar-refractivity contribution in [2.45, 2.75) is 38.0 Å². The van der Waals surface area contributed by atoms with Crippen molar-refractivity contribution in [1.29, 1.82) is 0 Å². The van der Waals surface area contributed by atoms with Gasteiger partial charge in [-0.15, -0.1) is 0 Å². The highest BCUT2D eigenvalue weighted by atomic mass is 16.5. The maximum Gasteiger partial charge on any atom is 0.290 e. The van der Waals surface area contributed by atoms with Gasteiger partial charge in [0.2, 0.25) is 5.89 Å². The molecule has 1 unspecified atom stereocenters. The van der Waals surface area contributed by atoms with Crippen molar-refractivity contribution in [2.75, 3.05) is 13.1 Å². The predicted octanol–water partition coefficient (Wildman–Crippen LogP) is 0.590. The number of hydrogen-bond donors (Lipinski definition) is 2. The SMILES string of the molecule is CCCC1(c2nc(C(N)=O)no2)CCCNC1. The lowest BCUT2D eigenvalue weighted by Crippen LogP contribution is -2.43. The van der Waals surface area contributed by atoms with Gasteiger partial charge in [0.15, 0.2) is 0 Å². The van der Waals surface area contributed by atoms with Crippen molar-refractivity contribution in [3.63, 3.8) is 0 Å². The van der Waals surface area contributed by atoms with Crippen LogP contribution >= 0.6 is 0 Å². The summed E-state index contributed by atoms with van der Waals surface area (Å²) < 4.78 is 5.22. The monoisotopic (exact) mass is 238 g/mol. The second kappa shape index (κ2) is 4.83. The van der Waals surface area contributed by atoms with E-state index >= 15 is 0 Å². The molecule has 1 aliphatic heterocycles. The molecule has 1 saturated heterocycles. The number of carbonyl (C=O) groups excluding carboxylic acids is 1. The first-order valence-corrected chi connectivity index (χ1v) is 6.03. The molecule has 0 radical (unpaired) electrons. The summed E-state index contributed by atoms with van der Waals surface area (Å²) in [4.78, 5) is 15.1. The Kier molecular flexibility index (Phi) is 3.42. The molecule has 3 N–H and O–H groups in total. The number of nitrogens with zero attached hydrogens (tertiary/aromatic N) is 2. The molecule has 6 heteroatoms. The molecule has 2 heterocycles. The Labute approximate surface area is 99.9 Å². The molecular weight excluding hydrogens is 220 g/mol. The quantitative estimate of drug-likeness (QED) is 0.800. The molecule has 1 aromatic rings. The van der Waals surface area contributed by atoms with Crippen LogP contribution in [0.15, 0.2) is 4.52 Å². The van der Waals surface area contributed by atoms with Crippen molar-refractivity contribution in [3.8, 4) is 0 Å². The summed E-state index contributed by atoms with van der Waals surface area (Å²) in [5.41, 5.74) is 5.00. The average molecular weight is 238 g/mol. The summed E-state index contributed by atoms with van der Waals surface area (Å²) in [6.45, 7) is 3.96. The van der Waals surface area contributed by atoms with Crippen LogP contribution in [-0.4, -0.2) is 29.1 Å². The predicted molar refractivity (Wildman–Crippen MR) is 61.5 cm³/mol. The molecule has 2 rings (SSSR count). The minimum atomic E-state index is -0.643. The zero-order valence-electron chi connectivity index (χ0n) is 10.0. The summed E-state index contributed by atoms with van der Waals surface area (Å²) in [7, 11) is 0. The Morgan fingerprint density at radius 2 is 2.47 bits per heavy atom. The van der Waals surface area contributed by atoms with E-state index in [2.05, 4.69) is 22.4 Å². The second-order valence-electron chi connectivity index (χ2n) is 4.60. The summed E-state index contributed by atoms with van der Waals surface area (Å²) in [5, 5.41) is 6.98. The first-order chi connectivity index (χ1) is 8.18. The van der Waals surface area contributed by atoms with Crippen molar-refractivity contribution in [2.24, 2.45) is 5.73 Å². The van der Waals surface area contributed by atoms with Gasteiger partial charge in [0, 0.05) is 6.54 Å². The minimum absolute atomic E-state index is 0.0268. The van der Waals surface area contributed by atoms with Gasteiger partial charge in [-0.3, -0.25) is 4.79 Å². The van der Waals surface area contributed by atoms with E-state index in [4.69, 9.17) is 10.3 Å². The van der Waals surface area contributed by atoms with Crippen LogP contribution in [0.5, 0.6) is 0 Å². The van der Waals surface area contributed by atoms with E-state index in [1.165, 1.54) is 0 Å². The fourth-order valence-corrected chi connectivity index (χ4v) is 2.49. The van der Waals surface area contributed by atoms with E-state index in [0.717, 1.165) is 38.8 Å². The van der Waals surface area contributed by atoms with Gasteiger partial charge < -0.3 is 15.6 Å². The van der Waals surface area contributed by atoms with Gasteiger partial charge in [0.1, 0.15) is 0 Å². The molecule has 0 bridgehead atoms. The summed E-state index contributed by atoms with van der Waals surface area (Å²) in [5.74, 6) is -0.128. The summed E-state index contributed by atoms with van der Waals surface area (Å²) >= 11 is 0. The highest BCUT2D eigenvalue weighted by molar-refractivity contribution is 5.88. The Morgan fingerprint density at radius 1 is 1.65 bits per heavy atom. The Morgan fingerprint density at radius 3 is 3.00 bits per heavy atom. The van der Waals surface area contributed by atoms with Crippen LogP contribution in [0.4, 0.5) is 0 Å². The smallest absolute Gasteiger partial charge is 0.290 e. The van der Waals surface area contributed by atoms with Crippen LogP contribution in [-0.2, 0) is 5.41 Å². The highest BCUT2D eigenvalue weighted by Crippen LogP contribution is 2.34. The molecule has 0 aromatic carbocycles. The maximum absolute atomic E-state index is 11.0. The Bertz CT molecular complexity index is 390. The van der Waals surface area contributed by atoms with Crippen LogP contribution in [0.25, 0.3) is 0 Å². The molecule has 17 heavy (non-hydrogen) atoms. The molecule has 0 aliphatic carbocycles. The largest absolute Gasteiger partial charge is 0.363 e. The van der Waals surface area contributed by atoms with Crippen molar-refractivity contribution in [1.82, 2.24) is 15.5 Å². The average Bonchev–Trinajstić information content (AvgIpc) is 2.80. The normalized spacial score (nSPS) is 24.8. The summed E-state index contributed by atoms with van der Waals surface area (Å²) in [6.07, 6.45) is 4.10.